The zero-order valence-electron chi connectivity index (χ0n) is 9.61. The predicted octanol–water partition coefficient (Wildman–Crippen LogP) is 3.96. The summed E-state index contributed by atoms with van der Waals surface area (Å²) in [7, 11) is 0. The SMILES string of the molecule is CC(=O)c1cccc(F)c1Oc1ccc(F)cc1. The minimum Gasteiger partial charge on any atom is -0.454 e. The second-order valence-corrected chi connectivity index (χ2v) is 3.73. The Labute approximate surface area is 103 Å². The fourth-order valence-corrected chi connectivity index (χ4v) is 1.51. The average molecular weight is 248 g/mol. The van der Waals surface area contributed by atoms with Crippen LogP contribution in [-0.4, -0.2) is 5.78 Å². The van der Waals surface area contributed by atoms with Crippen LogP contribution in [0.15, 0.2) is 42.5 Å². The molecule has 0 heterocycles. The molecule has 2 nitrogen and oxygen atoms in total. The number of benzene rings is 2. The average Bonchev–Trinajstić information content (AvgIpc) is 2.34. The monoisotopic (exact) mass is 248 g/mol. The molecule has 2 aromatic carbocycles. The van der Waals surface area contributed by atoms with E-state index < -0.39 is 11.6 Å². The van der Waals surface area contributed by atoms with E-state index in [1.807, 2.05) is 0 Å². The fraction of sp³-hybridized carbons (Fsp3) is 0.0714. The van der Waals surface area contributed by atoms with Crippen molar-refractivity contribution >= 4 is 5.78 Å². The Kier molecular flexibility index (Phi) is 3.37. The lowest BCUT2D eigenvalue weighted by atomic mass is 10.1. The Hall–Kier alpha value is -2.23. The molecule has 0 radical (unpaired) electrons. The Balaban J connectivity index is 2.39. The van der Waals surface area contributed by atoms with Gasteiger partial charge in [0.1, 0.15) is 11.6 Å². The van der Waals surface area contributed by atoms with Crippen molar-refractivity contribution in [3.8, 4) is 11.5 Å². The van der Waals surface area contributed by atoms with Crippen molar-refractivity contribution in [3.05, 3.63) is 59.7 Å². The fourth-order valence-electron chi connectivity index (χ4n) is 1.51. The third-order valence-corrected chi connectivity index (χ3v) is 2.38. The van der Waals surface area contributed by atoms with Crippen LogP contribution in [0.3, 0.4) is 0 Å². The molecule has 2 rings (SSSR count). The molecular weight excluding hydrogens is 238 g/mol. The second kappa shape index (κ2) is 4.96. The van der Waals surface area contributed by atoms with E-state index in [2.05, 4.69) is 0 Å². The summed E-state index contributed by atoms with van der Waals surface area (Å²) < 4.78 is 31.6. The van der Waals surface area contributed by atoms with Gasteiger partial charge in [-0.2, -0.15) is 0 Å². The highest BCUT2D eigenvalue weighted by molar-refractivity contribution is 5.96. The lowest BCUT2D eigenvalue weighted by molar-refractivity contribution is 0.101. The van der Waals surface area contributed by atoms with Crippen LogP contribution in [0, 0.1) is 11.6 Å². The number of ether oxygens (including phenoxy) is 1. The summed E-state index contributed by atoms with van der Waals surface area (Å²) in [5, 5.41) is 0. The third kappa shape index (κ3) is 2.53. The Morgan fingerprint density at radius 2 is 1.72 bits per heavy atom. The summed E-state index contributed by atoms with van der Waals surface area (Å²) in [5.74, 6) is -1.22. The van der Waals surface area contributed by atoms with Gasteiger partial charge < -0.3 is 4.74 Å². The first-order chi connectivity index (χ1) is 8.58. The molecule has 0 amide bonds. The largest absolute Gasteiger partial charge is 0.454 e. The van der Waals surface area contributed by atoms with E-state index in [4.69, 9.17) is 4.74 Å². The van der Waals surface area contributed by atoms with Crippen LogP contribution < -0.4 is 4.74 Å². The molecule has 0 spiro atoms. The van der Waals surface area contributed by atoms with Crippen molar-refractivity contribution in [2.24, 2.45) is 0 Å². The van der Waals surface area contributed by atoms with Crippen molar-refractivity contribution in [1.82, 2.24) is 0 Å². The van der Waals surface area contributed by atoms with Crippen molar-refractivity contribution in [2.75, 3.05) is 0 Å². The molecule has 92 valence electrons. The summed E-state index contributed by atoms with van der Waals surface area (Å²) in [4.78, 5) is 11.4. The third-order valence-electron chi connectivity index (χ3n) is 2.38. The summed E-state index contributed by atoms with van der Waals surface area (Å²) in [5.41, 5.74) is 0.152. The first-order valence-corrected chi connectivity index (χ1v) is 5.31. The van der Waals surface area contributed by atoms with Crippen molar-refractivity contribution < 1.29 is 18.3 Å². The van der Waals surface area contributed by atoms with Gasteiger partial charge in [0.05, 0.1) is 5.56 Å². The van der Waals surface area contributed by atoms with Crippen LogP contribution in [-0.2, 0) is 0 Å². The molecule has 0 aliphatic carbocycles. The summed E-state index contributed by atoms with van der Waals surface area (Å²) >= 11 is 0. The summed E-state index contributed by atoms with van der Waals surface area (Å²) in [6.45, 7) is 1.33. The Morgan fingerprint density at radius 1 is 1.06 bits per heavy atom. The maximum absolute atomic E-state index is 13.6. The van der Waals surface area contributed by atoms with Crippen LogP contribution in [0.25, 0.3) is 0 Å². The van der Waals surface area contributed by atoms with Gasteiger partial charge in [-0.3, -0.25) is 4.79 Å². The summed E-state index contributed by atoms with van der Waals surface area (Å²) in [6, 6.07) is 9.24. The van der Waals surface area contributed by atoms with E-state index in [9.17, 15) is 13.6 Å². The van der Waals surface area contributed by atoms with Gasteiger partial charge >= 0.3 is 0 Å². The number of halogens is 2. The second-order valence-electron chi connectivity index (χ2n) is 3.73. The van der Waals surface area contributed by atoms with Crippen LogP contribution >= 0.6 is 0 Å². The first-order valence-electron chi connectivity index (χ1n) is 5.31. The molecule has 0 aliphatic rings. The van der Waals surface area contributed by atoms with E-state index in [1.165, 1.54) is 49.4 Å². The maximum atomic E-state index is 13.6. The Bertz CT molecular complexity index is 577. The first kappa shape index (κ1) is 12.2. The molecule has 0 bridgehead atoms. The van der Waals surface area contributed by atoms with Crippen molar-refractivity contribution in [2.45, 2.75) is 6.92 Å². The Morgan fingerprint density at radius 3 is 2.33 bits per heavy atom. The van der Waals surface area contributed by atoms with E-state index in [0.717, 1.165) is 0 Å². The number of ketones is 1. The van der Waals surface area contributed by atoms with Gasteiger partial charge in [-0.05, 0) is 43.3 Å². The number of carbonyl (C=O) groups excluding carboxylic acids is 1. The number of para-hydroxylation sites is 1. The van der Waals surface area contributed by atoms with Gasteiger partial charge in [0, 0.05) is 0 Å². The molecule has 0 N–H and O–H groups in total. The van der Waals surface area contributed by atoms with E-state index in [-0.39, 0.29) is 22.8 Å². The molecule has 0 fully saturated rings. The predicted molar refractivity (Wildman–Crippen MR) is 62.9 cm³/mol. The lowest BCUT2D eigenvalue weighted by Gasteiger charge is -2.10. The summed E-state index contributed by atoms with van der Waals surface area (Å²) in [6.07, 6.45) is 0. The number of hydrogen-bond acceptors (Lipinski definition) is 2. The topological polar surface area (TPSA) is 26.3 Å². The quantitative estimate of drug-likeness (QED) is 0.768. The van der Waals surface area contributed by atoms with Crippen LogP contribution in [0.1, 0.15) is 17.3 Å². The molecule has 0 saturated carbocycles. The standard InChI is InChI=1S/C14H10F2O2/c1-9(17)12-3-2-4-13(16)14(12)18-11-7-5-10(15)6-8-11/h2-8H,1H3. The van der Waals surface area contributed by atoms with Crippen LogP contribution in [0.2, 0.25) is 0 Å². The van der Waals surface area contributed by atoms with Crippen molar-refractivity contribution in [1.29, 1.82) is 0 Å². The lowest BCUT2D eigenvalue weighted by Crippen LogP contribution is -1.99. The van der Waals surface area contributed by atoms with E-state index in [1.54, 1.807) is 0 Å². The van der Waals surface area contributed by atoms with Gasteiger partial charge in [0.2, 0.25) is 0 Å². The highest BCUT2D eigenvalue weighted by atomic mass is 19.1. The molecule has 2 aromatic rings. The van der Waals surface area contributed by atoms with E-state index >= 15 is 0 Å². The molecule has 0 saturated heterocycles. The smallest absolute Gasteiger partial charge is 0.173 e. The van der Waals surface area contributed by atoms with Gasteiger partial charge in [-0.15, -0.1) is 0 Å². The molecular formula is C14H10F2O2. The zero-order chi connectivity index (χ0) is 13.1. The normalized spacial score (nSPS) is 10.2. The number of hydrogen-bond donors (Lipinski definition) is 0. The molecule has 0 aliphatic heterocycles. The highest BCUT2D eigenvalue weighted by Crippen LogP contribution is 2.28. The van der Waals surface area contributed by atoms with Crippen LogP contribution in [0.5, 0.6) is 11.5 Å². The molecule has 4 heteroatoms. The van der Waals surface area contributed by atoms with Gasteiger partial charge in [0.25, 0.3) is 0 Å². The molecule has 0 aromatic heterocycles. The van der Waals surface area contributed by atoms with Gasteiger partial charge in [-0.1, -0.05) is 6.07 Å². The molecule has 18 heavy (non-hydrogen) atoms. The van der Waals surface area contributed by atoms with Gasteiger partial charge in [0.15, 0.2) is 17.3 Å². The molecule has 0 unspecified atom stereocenters. The minimum absolute atomic E-state index is 0.142. The van der Waals surface area contributed by atoms with Gasteiger partial charge in [-0.25, -0.2) is 8.78 Å². The number of rotatable bonds is 3. The highest BCUT2D eigenvalue weighted by Gasteiger charge is 2.14. The number of carbonyl (C=O) groups is 1. The minimum atomic E-state index is -0.632. The van der Waals surface area contributed by atoms with Crippen LogP contribution in [0.4, 0.5) is 8.78 Å². The van der Waals surface area contributed by atoms with Crippen molar-refractivity contribution in [3.63, 3.8) is 0 Å². The van der Waals surface area contributed by atoms with E-state index in [0.29, 0.717) is 0 Å². The number of Topliss-reactive ketones (excluding diaryl/α,β-unsaturated/α-hetero) is 1. The zero-order valence-corrected chi connectivity index (χ0v) is 9.61. The molecule has 0 atom stereocenters. The maximum Gasteiger partial charge on any atom is 0.173 e.